The molecular formula is C41H46O10. The lowest BCUT2D eigenvalue weighted by atomic mass is 9.96. The van der Waals surface area contributed by atoms with Gasteiger partial charge >= 0.3 is 5.97 Å². The maximum Gasteiger partial charge on any atom is 0.338 e. The van der Waals surface area contributed by atoms with Crippen LogP contribution in [-0.2, 0) is 57.7 Å². The summed E-state index contributed by atoms with van der Waals surface area (Å²) >= 11 is 0. The van der Waals surface area contributed by atoms with E-state index in [-0.39, 0.29) is 19.8 Å². The number of aliphatic hydroxyl groups excluding tert-OH is 1. The highest BCUT2D eigenvalue weighted by Gasteiger charge is 2.53. The van der Waals surface area contributed by atoms with Gasteiger partial charge in [-0.15, -0.1) is 0 Å². The van der Waals surface area contributed by atoms with Crippen LogP contribution in [-0.4, -0.2) is 79.6 Å². The van der Waals surface area contributed by atoms with E-state index in [4.69, 9.17) is 37.9 Å². The van der Waals surface area contributed by atoms with Crippen molar-refractivity contribution in [3.8, 4) is 0 Å². The topological polar surface area (TPSA) is 111 Å². The molecule has 0 bridgehead atoms. The maximum atomic E-state index is 13.2. The van der Waals surface area contributed by atoms with Gasteiger partial charge in [0.15, 0.2) is 18.7 Å². The van der Waals surface area contributed by atoms with Crippen LogP contribution in [0.15, 0.2) is 121 Å². The van der Waals surface area contributed by atoms with Gasteiger partial charge in [-0.1, -0.05) is 109 Å². The molecule has 6 rings (SSSR count). The Balaban J connectivity index is 1.27. The van der Waals surface area contributed by atoms with Gasteiger partial charge < -0.3 is 43.0 Å². The smallest absolute Gasteiger partial charge is 0.338 e. The predicted molar refractivity (Wildman–Crippen MR) is 187 cm³/mol. The number of aliphatic hydroxyl groups is 1. The van der Waals surface area contributed by atoms with Crippen LogP contribution in [0.5, 0.6) is 0 Å². The first-order valence-electron chi connectivity index (χ1n) is 17.3. The minimum atomic E-state index is -1.37. The van der Waals surface area contributed by atoms with Gasteiger partial charge in [-0.3, -0.25) is 0 Å². The molecule has 2 fully saturated rings. The number of esters is 1. The molecule has 0 radical (unpaired) electrons. The quantitative estimate of drug-likeness (QED) is 0.161. The van der Waals surface area contributed by atoms with Crippen molar-refractivity contribution >= 4 is 5.97 Å². The van der Waals surface area contributed by atoms with E-state index in [2.05, 4.69) is 0 Å². The van der Waals surface area contributed by atoms with E-state index in [0.29, 0.717) is 5.56 Å². The molecule has 2 aliphatic rings. The van der Waals surface area contributed by atoms with E-state index in [0.717, 1.165) is 16.7 Å². The molecular weight excluding hydrogens is 652 g/mol. The lowest BCUT2D eigenvalue weighted by Gasteiger charge is -2.48. The van der Waals surface area contributed by atoms with E-state index in [1.165, 1.54) is 0 Å². The Hall–Kier alpha value is -3.97. The van der Waals surface area contributed by atoms with E-state index < -0.39 is 67.4 Å². The summed E-state index contributed by atoms with van der Waals surface area (Å²) in [5.74, 6) is -0.555. The fourth-order valence-electron chi connectivity index (χ4n) is 6.40. The van der Waals surface area contributed by atoms with Gasteiger partial charge in [-0.25, -0.2) is 4.79 Å². The van der Waals surface area contributed by atoms with Crippen molar-refractivity contribution < 1.29 is 47.8 Å². The van der Waals surface area contributed by atoms with Crippen LogP contribution in [0.3, 0.4) is 0 Å². The molecule has 0 amide bonds. The van der Waals surface area contributed by atoms with Crippen LogP contribution >= 0.6 is 0 Å². The summed E-state index contributed by atoms with van der Waals surface area (Å²) in [6.07, 6.45) is -8.83. The third-order valence-electron chi connectivity index (χ3n) is 9.11. The zero-order chi connectivity index (χ0) is 35.6. The highest BCUT2D eigenvalue weighted by molar-refractivity contribution is 5.89. The lowest BCUT2D eigenvalue weighted by molar-refractivity contribution is -0.363. The molecule has 51 heavy (non-hydrogen) atoms. The van der Waals surface area contributed by atoms with E-state index in [9.17, 15) is 9.90 Å². The Morgan fingerprint density at radius 2 is 1.00 bits per heavy atom. The molecule has 2 saturated heterocycles. The minimum absolute atomic E-state index is 0.160. The number of rotatable bonds is 14. The van der Waals surface area contributed by atoms with Crippen molar-refractivity contribution in [2.75, 3.05) is 7.11 Å². The molecule has 10 nitrogen and oxygen atoms in total. The molecule has 10 heteroatoms. The molecule has 0 aliphatic carbocycles. The fraction of sp³-hybridized carbons (Fsp3) is 0.390. The van der Waals surface area contributed by atoms with Gasteiger partial charge in [0.25, 0.3) is 0 Å². The molecule has 1 N–H and O–H groups in total. The SMILES string of the molecule is CO[C@@H]1O[C@@H](C)[C@H](OCc2ccccc2)[C@@H](O[C@H]2O[C@@H](C)[C@H](OC(=O)c3ccccc3)[C@@H](OCc3ccccc3)[C@H]2O)[C@H]1OCc1ccccc1. The average Bonchev–Trinajstić information content (AvgIpc) is 3.17. The standard InChI is InChI=1S/C41H46O10/c1-27-34(45-24-29-16-8-4-9-17-29)37(38(41(44-3)49-27)47-26-31-20-12-6-13-21-31)51-40-33(42)36(46-25-30-18-10-5-11-19-30)35(28(2)48-40)50-39(43)32-22-14-7-15-23-32/h4-23,27-28,33-38,40-42H,24-26H2,1-3H3/t27-,28-,33+,34-,35-,36-,37+,38+,40+,41+/m0/s1. The van der Waals surface area contributed by atoms with E-state index in [1.807, 2.05) is 104 Å². The summed E-state index contributed by atoms with van der Waals surface area (Å²) < 4.78 is 50.4. The van der Waals surface area contributed by atoms with Gasteiger partial charge in [0.1, 0.15) is 30.5 Å². The molecule has 10 atom stereocenters. The van der Waals surface area contributed by atoms with Crippen molar-refractivity contribution in [2.24, 2.45) is 0 Å². The number of methoxy groups -OCH3 is 1. The molecule has 0 aromatic heterocycles. The van der Waals surface area contributed by atoms with Gasteiger partial charge in [0, 0.05) is 7.11 Å². The average molecular weight is 699 g/mol. The Labute approximate surface area is 299 Å². The number of carbonyl (C=O) groups is 1. The normalized spacial score (nSPS) is 29.3. The van der Waals surface area contributed by atoms with Gasteiger partial charge in [0.2, 0.25) is 0 Å². The molecule has 270 valence electrons. The first-order valence-corrected chi connectivity index (χ1v) is 17.3. The Morgan fingerprint density at radius 3 is 1.51 bits per heavy atom. The van der Waals surface area contributed by atoms with Crippen molar-refractivity contribution in [2.45, 2.75) is 95.1 Å². The number of ether oxygens (including phenoxy) is 8. The van der Waals surface area contributed by atoms with Crippen molar-refractivity contribution in [1.82, 2.24) is 0 Å². The monoisotopic (exact) mass is 698 g/mol. The van der Waals surface area contributed by atoms with Crippen LogP contribution in [0.4, 0.5) is 0 Å². The highest BCUT2D eigenvalue weighted by Crippen LogP contribution is 2.35. The summed E-state index contributed by atoms with van der Waals surface area (Å²) in [5, 5.41) is 12.0. The first kappa shape index (κ1) is 36.8. The summed E-state index contributed by atoms with van der Waals surface area (Å²) in [5.41, 5.74) is 3.18. The first-order chi connectivity index (χ1) is 24.9. The van der Waals surface area contributed by atoms with E-state index in [1.54, 1.807) is 38.3 Å². The van der Waals surface area contributed by atoms with Gasteiger partial charge in [-0.2, -0.15) is 0 Å². The van der Waals surface area contributed by atoms with Crippen molar-refractivity contribution in [3.05, 3.63) is 144 Å². The molecule has 0 saturated carbocycles. The summed E-state index contributed by atoms with van der Waals surface area (Å²) in [4.78, 5) is 13.2. The minimum Gasteiger partial charge on any atom is -0.453 e. The number of carbonyl (C=O) groups excluding carboxylic acids is 1. The molecule has 4 aromatic rings. The van der Waals surface area contributed by atoms with Crippen LogP contribution in [0.2, 0.25) is 0 Å². The largest absolute Gasteiger partial charge is 0.453 e. The zero-order valence-corrected chi connectivity index (χ0v) is 29.1. The highest BCUT2D eigenvalue weighted by atomic mass is 16.7. The van der Waals surface area contributed by atoms with Crippen molar-refractivity contribution in [3.63, 3.8) is 0 Å². The molecule has 2 heterocycles. The second-order valence-electron chi connectivity index (χ2n) is 12.8. The van der Waals surface area contributed by atoms with Crippen molar-refractivity contribution in [1.29, 1.82) is 0 Å². The van der Waals surface area contributed by atoms with Crippen LogP contribution < -0.4 is 0 Å². The second kappa shape index (κ2) is 18.0. The van der Waals surface area contributed by atoms with Crippen LogP contribution in [0.25, 0.3) is 0 Å². The molecule has 0 unspecified atom stereocenters. The summed E-state index contributed by atoms with van der Waals surface area (Å²) in [6.45, 7) is 4.34. The van der Waals surface area contributed by atoms with Crippen LogP contribution in [0, 0.1) is 0 Å². The predicted octanol–water partition coefficient (Wildman–Crippen LogP) is 5.85. The summed E-state index contributed by atoms with van der Waals surface area (Å²) in [6, 6.07) is 37.8. The Bertz CT molecular complexity index is 1610. The summed E-state index contributed by atoms with van der Waals surface area (Å²) in [7, 11) is 1.55. The van der Waals surface area contributed by atoms with Gasteiger partial charge in [0.05, 0.1) is 37.6 Å². The number of hydrogen-bond donors (Lipinski definition) is 1. The Kier molecular flexibility index (Phi) is 13.0. The molecule has 2 aliphatic heterocycles. The maximum absolute atomic E-state index is 13.2. The lowest BCUT2D eigenvalue weighted by Crippen LogP contribution is -2.64. The Morgan fingerprint density at radius 1 is 0.569 bits per heavy atom. The zero-order valence-electron chi connectivity index (χ0n) is 29.1. The van der Waals surface area contributed by atoms with Gasteiger partial charge in [-0.05, 0) is 42.7 Å². The third kappa shape index (κ3) is 9.48. The second-order valence-corrected chi connectivity index (χ2v) is 12.8. The molecule has 0 spiro atoms. The van der Waals surface area contributed by atoms with E-state index >= 15 is 0 Å². The van der Waals surface area contributed by atoms with Crippen LogP contribution in [0.1, 0.15) is 40.9 Å². The third-order valence-corrected chi connectivity index (χ3v) is 9.11. The number of benzene rings is 4. The number of hydrogen-bond acceptors (Lipinski definition) is 10. The fourth-order valence-corrected chi connectivity index (χ4v) is 6.40. The molecule has 4 aromatic carbocycles.